The minimum Gasteiger partial charge on any atom is -0.451 e. The van der Waals surface area contributed by atoms with Crippen LogP contribution in [0.1, 0.15) is 22.5 Å². The van der Waals surface area contributed by atoms with Gasteiger partial charge < -0.3 is 14.8 Å². The van der Waals surface area contributed by atoms with Crippen LogP contribution < -0.4 is 5.32 Å². The number of hydrogen-bond donors (Lipinski definition) is 2. The van der Waals surface area contributed by atoms with Crippen molar-refractivity contribution in [2.24, 2.45) is 0 Å². The van der Waals surface area contributed by atoms with Crippen LogP contribution >= 0.6 is 0 Å². The average Bonchev–Trinajstić information content (AvgIpc) is 2.72. The van der Waals surface area contributed by atoms with Gasteiger partial charge in [0.25, 0.3) is 5.91 Å². The normalized spacial score (nSPS) is 10.7. The van der Waals surface area contributed by atoms with Gasteiger partial charge in [-0.05, 0) is 31.0 Å². The van der Waals surface area contributed by atoms with Crippen molar-refractivity contribution in [2.75, 3.05) is 13.2 Å². The maximum absolute atomic E-state index is 11.7. The third-order valence-corrected chi connectivity index (χ3v) is 2.52. The van der Waals surface area contributed by atoms with Crippen molar-refractivity contribution in [1.82, 2.24) is 5.32 Å². The van der Waals surface area contributed by atoms with Gasteiger partial charge in [-0.25, -0.2) is 0 Å². The zero-order valence-corrected chi connectivity index (χ0v) is 9.69. The maximum Gasteiger partial charge on any atom is 0.287 e. The Hall–Kier alpha value is -1.81. The number of carbonyl (C=O) groups is 1. The van der Waals surface area contributed by atoms with Gasteiger partial charge in [0.05, 0.1) is 0 Å². The van der Waals surface area contributed by atoms with E-state index in [-0.39, 0.29) is 12.5 Å². The Morgan fingerprint density at radius 3 is 3.00 bits per heavy atom. The topological polar surface area (TPSA) is 62.5 Å². The molecule has 0 saturated heterocycles. The van der Waals surface area contributed by atoms with Crippen molar-refractivity contribution in [1.29, 1.82) is 0 Å². The highest BCUT2D eigenvalue weighted by Gasteiger charge is 2.11. The van der Waals surface area contributed by atoms with Crippen LogP contribution in [0.4, 0.5) is 0 Å². The molecule has 1 aromatic heterocycles. The molecule has 0 aliphatic rings. The number of aryl methyl sites for hydroxylation is 1. The summed E-state index contributed by atoms with van der Waals surface area (Å²) in [6.45, 7) is 2.49. The predicted octanol–water partition coefficient (Wildman–Crippen LogP) is 1.85. The molecule has 0 unspecified atom stereocenters. The predicted molar refractivity (Wildman–Crippen MR) is 65.0 cm³/mol. The first-order chi connectivity index (χ1) is 8.20. The lowest BCUT2D eigenvalue weighted by Crippen LogP contribution is -2.24. The van der Waals surface area contributed by atoms with Crippen molar-refractivity contribution in [3.05, 3.63) is 35.6 Å². The molecule has 0 spiro atoms. The van der Waals surface area contributed by atoms with Crippen molar-refractivity contribution >= 4 is 16.9 Å². The van der Waals surface area contributed by atoms with E-state index in [9.17, 15) is 4.79 Å². The number of aliphatic hydroxyl groups is 1. The van der Waals surface area contributed by atoms with Crippen LogP contribution in [0.15, 0.2) is 28.7 Å². The van der Waals surface area contributed by atoms with Crippen LogP contribution in [0.3, 0.4) is 0 Å². The largest absolute Gasteiger partial charge is 0.451 e. The summed E-state index contributed by atoms with van der Waals surface area (Å²) in [5, 5.41) is 12.2. The van der Waals surface area contributed by atoms with E-state index >= 15 is 0 Å². The van der Waals surface area contributed by atoms with Crippen molar-refractivity contribution in [3.63, 3.8) is 0 Å². The Kier molecular flexibility index (Phi) is 3.44. The summed E-state index contributed by atoms with van der Waals surface area (Å²) in [5.41, 5.74) is 1.82. The van der Waals surface area contributed by atoms with Gasteiger partial charge in [0.15, 0.2) is 5.76 Å². The molecule has 1 amide bonds. The summed E-state index contributed by atoms with van der Waals surface area (Å²) in [6, 6.07) is 7.53. The zero-order chi connectivity index (χ0) is 12.3. The van der Waals surface area contributed by atoms with E-state index in [1.54, 1.807) is 6.07 Å². The molecule has 17 heavy (non-hydrogen) atoms. The second-order valence-electron chi connectivity index (χ2n) is 3.98. The smallest absolute Gasteiger partial charge is 0.287 e. The van der Waals surface area contributed by atoms with Gasteiger partial charge in [0.2, 0.25) is 0 Å². The van der Waals surface area contributed by atoms with Gasteiger partial charge in [-0.3, -0.25) is 4.79 Å². The maximum atomic E-state index is 11.7. The first kappa shape index (κ1) is 11.7. The lowest BCUT2D eigenvalue weighted by molar-refractivity contribution is 0.0925. The Labute approximate surface area is 99.2 Å². The van der Waals surface area contributed by atoms with Crippen LogP contribution in [0.25, 0.3) is 11.0 Å². The van der Waals surface area contributed by atoms with Crippen LogP contribution in [0.2, 0.25) is 0 Å². The number of carbonyl (C=O) groups excluding carboxylic acids is 1. The fourth-order valence-electron chi connectivity index (χ4n) is 1.62. The first-order valence-corrected chi connectivity index (χ1v) is 5.60. The first-order valence-electron chi connectivity index (χ1n) is 5.60. The van der Waals surface area contributed by atoms with Crippen molar-refractivity contribution in [3.8, 4) is 0 Å². The lowest BCUT2D eigenvalue weighted by Gasteiger charge is -1.99. The van der Waals surface area contributed by atoms with E-state index in [0.29, 0.717) is 18.7 Å². The molecule has 90 valence electrons. The quantitative estimate of drug-likeness (QED) is 0.792. The second kappa shape index (κ2) is 5.01. The summed E-state index contributed by atoms with van der Waals surface area (Å²) in [4.78, 5) is 11.7. The second-order valence-corrected chi connectivity index (χ2v) is 3.98. The highest BCUT2D eigenvalue weighted by atomic mass is 16.3. The van der Waals surface area contributed by atoms with E-state index in [1.807, 2.05) is 25.1 Å². The number of benzene rings is 1. The molecular weight excluding hydrogens is 218 g/mol. The number of rotatable bonds is 4. The summed E-state index contributed by atoms with van der Waals surface area (Å²) in [7, 11) is 0. The molecule has 2 N–H and O–H groups in total. The van der Waals surface area contributed by atoms with Crippen LogP contribution in [0, 0.1) is 6.92 Å². The Morgan fingerprint density at radius 1 is 1.41 bits per heavy atom. The van der Waals surface area contributed by atoms with Crippen LogP contribution in [-0.4, -0.2) is 24.2 Å². The molecule has 0 aliphatic heterocycles. The molecule has 2 aromatic rings. The molecule has 0 saturated carbocycles. The molecule has 4 heteroatoms. The summed E-state index contributed by atoms with van der Waals surface area (Å²) in [5.74, 6) is 0.0656. The molecule has 0 atom stereocenters. The third kappa shape index (κ3) is 2.65. The summed E-state index contributed by atoms with van der Waals surface area (Å²) >= 11 is 0. The molecule has 0 bridgehead atoms. The van der Waals surface area contributed by atoms with E-state index in [1.165, 1.54) is 0 Å². The van der Waals surface area contributed by atoms with E-state index in [2.05, 4.69) is 5.32 Å². The monoisotopic (exact) mass is 233 g/mol. The minimum absolute atomic E-state index is 0.0691. The molecule has 1 heterocycles. The van der Waals surface area contributed by atoms with E-state index in [0.717, 1.165) is 16.5 Å². The summed E-state index contributed by atoms with van der Waals surface area (Å²) < 4.78 is 5.47. The Morgan fingerprint density at radius 2 is 2.24 bits per heavy atom. The molecule has 0 radical (unpaired) electrons. The van der Waals surface area contributed by atoms with Gasteiger partial charge in [-0.15, -0.1) is 0 Å². The molecule has 1 aromatic carbocycles. The van der Waals surface area contributed by atoms with Gasteiger partial charge in [-0.1, -0.05) is 12.1 Å². The molecular formula is C13H15NO3. The van der Waals surface area contributed by atoms with Gasteiger partial charge in [0.1, 0.15) is 5.58 Å². The molecule has 0 aliphatic carbocycles. The van der Waals surface area contributed by atoms with Gasteiger partial charge in [0, 0.05) is 18.5 Å². The Bertz CT molecular complexity index is 530. The van der Waals surface area contributed by atoms with Crippen LogP contribution in [0.5, 0.6) is 0 Å². The van der Waals surface area contributed by atoms with Crippen molar-refractivity contribution < 1.29 is 14.3 Å². The number of furan rings is 1. The Balaban J connectivity index is 2.15. The standard InChI is InChI=1S/C13H15NO3/c1-9-3-4-10-8-12(17-11(10)7-9)13(16)14-5-2-6-15/h3-4,7-8,15H,2,5-6H2,1H3,(H,14,16). The third-order valence-electron chi connectivity index (χ3n) is 2.52. The van der Waals surface area contributed by atoms with Gasteiger partial charge >= 0.3 is 0 Å². The summed E-state index contributed by atoms with van der Waals surface area (Å²) in [6.07, 6.45) is 0.547. The van der Waals surface area contributed by atoms with E-state index in [4.69, 9.17) is 9.52 Å². The average molecular weight is 233 g/mol. The fourth-order valence-corrected chi connectivity index (χ4v) is 1.62. The lowest BCUT2D eigenvalue weighted by atomic mass is 10.2. The highest BCUT2D eigenvalue weighted by molar-refractivity contribution is 5.96. The molecule has 0 fully saturated rings. The molecule has 4 nitrogen and oxygen atoms in total. The SMILES string of the molecule is Cc1ccc2cc(C(=O)NCCCO)oc2c1. The number of amides is 1. The van der Waals surface area contributed by atoms with Crippen LogP contribution in [-0.2, 0) is 0 Å². The molecule has 2 rings (SSSR count). The number of hydrogen-bond acceptors (Lipinski definition) is 3. The minimum atomic E-state index is -0.243. The van der Waals surface area contributed by atoms with E-state index < -0.39 is 0 Å². The number of nitrogens with one attached hydrogen (secondary N) is 1. The van der Waals surface area contributed by atoms with Crippen molar-refractivity contribution in [2.45, 2.75) is 13.3 Å². The number of fused-ring (bicyclic) bond motifs is 1. The highest BCUT2D eigenvalue weighted by Crippen LogP contribution is 2.20. The van der Waals surface area contributed by atoms with Gasteiger partial charge in [-0.2, -0.15) is 0 Å². The number of aliphatic hydroxyl groups excluding tert-OH is 1. The zero-order valence-electron chi connectivity index (χ0n) is 9.69. The fraction of sp³-hybridized carbons (Fsp3) is 0.308.